The highest BCUT2D eigenvalue weighted by molar-refractivity contribution is 6.68. The Morgan fingerprint density at radius 1 is 1.33 bits per heavy atom. The molecule has 1 unspecified atom stereocenters. The molecule has 2 nitrogen and oxygen atoms in total. The van der Waals surface area contributed by atoms with E-state index in [-0.39, 0.29) is 0 Å². The average Bonchev–Trinajstić information content (AvgIpc) is 1.85. The third kappa shape index (κ3) is 13.0. The minimum Gasteiger partial charge on any atom is -0.433 e. The summed E-state index contributed by atoms with van der Waals surface area (Å²) >= 11 is 0. The van der Waals surface area contributed by atoms with Crippen molar-refractivity contribution in [2.75, 3.05) is 6.61 Å². The molecule has 1 aliphatic rings. The van der Waals surface area contributed by atoms with Gasteiger partial charge in [-0.1, -0.05) is 0 Å². The van der Waals surface area contributed by atoms with E-state index in [1.165, 1.54) is 29.5 Å². The van der Waals surface area contributed by atoms with Crippen molar-refractivity contribution in [2.24, 2.45) is 0 Å². The van der Waals surface area contributed by atoms with Gasteiger partial charge in [-0.3, -0.25) is 0 Å². The summed E-state index contributed by atoms with van der Waals surface area (Å²) in [6.07, 6.45) is 4.01. The highest BCUT2D eigenvalue weighted by Crippen LogP contribution is 2.08. The van der Waals surface area contributed by atoms with E-state index >= 15 is 0 Å². The molecule has 0 amide bonds. The van der Waals surface area contributed by atoms with Gasteiger partial charge in [0.05, 0.1) is 0 Å². The van der Waals surface area contributed by atoms with Crippen LogP contribution in [0.15, 0.2) is 0 Å². The van der Waals surface area contributed by atoms with Crippen molar-refractivity contribution in [2.45, 2.75) is 44.6 Å². The Bertz CT molecular complexity index is 100. The summed E-state index contributed by atoms with van der Waals surface area (Å²) in [5.41, 5.74) is 0.675. The molecule has 1 saturated heterocycles. The first kappa shape index (κ1) is 12.4. The summed E-state index contributed by atoms with van der Waals surface area (Å²) in [6, 6.07) is 0. The highest BCUT2D eigenvalue weighted by Gasteiger charge is 2.05. The van der Waals surface area contributed by atoms with Gasteiger partial charge in [-0.15, -0.1) is 0 Å². The quantitative estimate of drug-likeness (QED) is 0.591. The first-order valence-corrected chi connectivity index (χ1v) is 9.34. The molecule has 1 heterocycles. The third-order valence-electron chi connectivity index (χ3n) is 1.41. The van der Waals surface area contributed by atoms with Crippen LogP contribution in [-0.4, -0.2) is 35.7 Å². The molecule has 12 heavy (non-hydrogen) atoms. The Balaban J connectivity index is 0.000000217. The van der Waals surface area contributed by atoms with Crippen molar-refractivity contribution < 1.29 is 9.53 Å². The van der Waals surface area contributed by atoms with E-state index in [1.807, 2.05) is 19.6 Å². The van der Waals surface area contributed by atoms with E-state index in [9.17, 15) is 0 Å². The molecule has 0 aromatic heterocycles. The zero-order chi connectivity index (χ0) is 9.61. The Kier molecular flexibility index (Phi) is 6.08. The zero-order valence-electron chi connectivity index (χ0n) is 8.76. The summed E-state index contributed by atoms with van der Waals surface area (Å²) in [7, 11) is -0.383. The van der Waals surface area contributed by atoms with Crippen LogP contribution < -0.4 is 0 Å². The van der Waals surface area contributed by atoms with Gasteiger partial charge in [0.2, 0.25) is 0 Å². The van der Waals surface area contributed by atoms with E-state index in [0.29, 0.717) is 5.73 Å². The van der Waals surface area contributed by atoms with E-state index in [1.54, 1.807) is 0 Å². The summed E-state index contributed by atoms with van der Waals surface area (Å²) in [5.74, 6) is 0. The van der Waals surface area contributed by atoms with E-state index in [4.69, 9.17) is 9.53 Å². The molecule has 4 heteroatoms. The van der Waals surface area contributed by atoms with Crippen molar-refractivity contribution >= 4 is 18.6 Å². The van der Waals surface area contributed by atoms with Crippen LogP contribution in [0.3, 0.4) is 0 Å². The van der Waals surface area contributed by atoms with Gasteiger partial charge in [0.25, 0.3) is 0 Å². The summed E-state index contributed by atoms with van der Waals surface area (Å²) in [4.78, 5) is 8.66. The van der Waals surface area contributed by atoms with Crippen molar-refractivity contribution in [3.63, 3.8) is 0 Å². The molecule has 1 atom stereocenters. The van der Waals surface area contributed by atoms with E-state index < -0.39 is 8.32 Å². The smallest absolute Gasteiger partial charge is 0.179 e. The number of hydrogen-bond acceptors (Lipinski definition) is 2. The molecule has 0 aromatic carbocycles. The molecule has 0 spiro atoms. The van der Waals surface area contributed by atoms with Crippen LogP contribution in [0.2, 0.25) is 19.6 Å². The van der Waals surface area contributed by atoms with Gasteiger partial charge < -0.3 is 9.53 Å². The first-order chi connectivity index (χ1) is 5.39. The molecular formula is C8H22O2Si2. The molecule has 1 rings (SSSR count). The lowest BCUT2D eigenvalue weighted by Crippen LogP contribution is -2.18. The lowest BCUT2D eigenvalue weighted by atomic mass is 10.2. The first-order valence-electron chi connectivity index (χ1n) is 4.73. The van der Waals surface area contributed by atoms with Gasteiger partial charge in [0, 0.05) is 22.6 Å². The zero-order valence-corrected chi connectivity index (χ0v) is 11.8. The molecular weight excluding hydrogens is 184 g/mol. The standard InChI is InChI=1S/C5H12OSi.C3H10OSi/c7-5-3-1-2-4-6-5;1-5(2,3)4/h5H,1-4H2,7H3;4H,1-3H3. The minimum absolute atomic E-state index is 0.675. The lowest BCUT2D eigenvalue weighted by Gasteiger charge is -2.17. The lowest BCUT2D eigenvalue weighted by molar-refractivity contribution is 0.0675. The van der Waals surface area contributed by atoms with Crippen LogP contribution in [0.4, 0.5) is 0 Å². The van der Waals surface area contributed by atoms with E-state index in [2.05, 4.69) is 0 Å². The van der Waals surface area contributed by atoms with Crippen LogP contribution in [0.25, 0.3) is 0 Å². The molecule has 74 valence electrons. The maximum Gasteiger partial charge on any atom is 0.179 e. The molecule has 0 saturated carbocycles. The Morgan fingerprint density at radius 3 is 2.00 bits per heavy atom. The van der Waals surface area contributed by atoms with Gasteiger partial charge in [0.1, 0.15) is 0 Å². The van der Waals surface area contributed by atoms with Crippen LogP contribution in [0.1, 0.15) is 19.3 Å². The largest absolute Gasteiger partial charge is 0.433 e. The van der Waals surface area contributed by atoms with Gasteiger partial charge in [-0.25, -0.2) is 0 Å². The van der Waals surface area contributed by atoms with Gasteiger partial charge in [-0.2, -0.15) is 0 Å². The molecule has 1 aliphatic heterocycles. The molecule has 0 aliphatic carbocycles. The van der Waals surface area contributed by atoms with Crippen molar-refractivity contribution in [3.05, 3.63) is 0 Å². The Hall–Kier alpha value is 0.354. The SMILES string of the molecule is C[Si](C)(C)O.[SiH3]C1CCCCO1. The fraction of sp³-hybridized carbons (Fsp3) is 1.00. The molecule has 0 bridgehead atoms. The molecule has 1 N–H and O–H groups in total. The van der Waals surface area contributed by atoms with E-state index in [0.717, 1.165) is 6.61 Å². The van der Waals surface area contributed by atoms with Crippen molar-refractivity contribution in [3.8, 4) is 0 Å². The second-order valence-corrected chi connectivity index (χ2v) is 9.98. The third-order valence-corrected chi connectivity index (χ3v) is 2.32. The maximum atomic E-state index is 8.66. The second kappa shape index (κ2) is 5.91. The normalized spacial score (nSPS) is 24.5. The van der Waals surface area contributed by atoms with Crippen molar-refractivity contribution in [1.82, 2.24) is 0 Å². The molecule has 0 radical (unpaired) electrons. The fourth-order valence-electron chi connectivity index (χ4n) is 0.902. The van der Waals surface area contributed by atoms with Gasteiger partial charge in [-0.05, 0) is 38.9 Å². The topological polar surface area (TPSA) is 29.5 Å². The Labute approximate surface area is 79.9 Å². The number of ether oxygens (including phenoxy) is 1. The summed E-state index contributed by atoms with van der Waals surface area (Å²) in [5, 5.41) is 0. The number of rotatable bonds is 0. The van der Waals surface area contributed by atoms with Crippen LogP contribution in [0, 0.1) is 0 Å². The van der Waals surface area contributed by atoms with Gasteiger partial charge in [0.15, 0.2) is 8.32 Å². The van der Waals surface area contributed by atoms with Gasteiger partial charge >= 0.3 is 0 Å². The van der Waals surface area contributed by atoms with Crippen LogP contribution in [0.5, 0.6) is 0 Å². The minimum atomic E-state index is -1.61. The summed E-state index contributed by atoms with van der Waals surface area (Å²) < 4.78 is 5.34. The number of hydrogen-bond donors (Lipinski definition) is 1. The summed E-state index contributed by atoms with van der Waals surface area (Å²) in [6.45, 7) is 6.67. The molecule has 0 aromatic rings. The Morgan fingerprint density at radius 2 is 1.83 bits per heavy atom. The van der Waals surface area contributed by atoms with Crippen LogP contribution in [-0.2, 0) is 4.74 Å². The maximum absolute atomic E-state index is 8.66. The monoisotopic (exact) mass is 206 g/mol. The van der Waals surface area contributed by atoms with Crippen LogP contribution >= 0.6 is 0 Å². The highest BCUT2D eigenvalue weighted by atomic mass is 28.4. The average molecular weight is 206 g/mol. The van der Waals surface area contributed by atoms with Crippen molar-refractivity contribution in [1.29, 1.82) is 0 Å². The fourth-order valence-corrected chi connectivity index (χ4v) is 1.55. The molecule has 1 fully saturated rings. The second-order valence-electron chi connectivity index (χ2n) is 4.35. The predicted octanol–water partition coefficient (Wildman–Crippen LogP) is 0.692. The predicted molar refractivity (Wildman–Crippen MR) is 59.1 cm³/mol.